The highest BCUT2D eigenvalue weighted by atomic mass is 32.2. The molecule has 0 atom stereocenters. The Labute approximate surface area is 159 Å². The zero-order valence-corrected chi connectivity index (χ0v) is 15.2. The van der Waals surface area contributed by atoms with Gasteiger partial charge in [-0.05, 0) is 25.1 Å². The number of phenols is 1. The average Bonchev–Trinajstić information content (AvgIpc) is 2.63. The zero-order valence-electron chi connectivity index (χ0n) is 14.4. The molecule has 144 valence electrons. The average molecular weight is 402 g/mol. The van der Waals surface area contributed by atoms with E-state index in [1.165, 1.54) is 42.5 Å². The van der Waals surface area contributed by atoms with Gasteiger partial charge in [-0.1, -0.05) is 24.3 Å². The van der Waals surface area contributed by atoms with Crippen molar-refractivity contribution in [3.8, 4) is 5.75 Å². The number of nitro groups is 1. The number of nitrogens with zero attached hydrogens (tertiary/aromatic N) is 1. The molecule has 1 amide bonds. The molecule has 0 spiro atoms. The Balaban J connectivity index is 2.02. The molecule has 10 heteroatoms. The van der Waals surface area contributed by atoms with Crippen molar-refractivity contribution < 1.29 is 27.8 Å². The lowest BCUT2D eigenvalue weighted by Gasteiger charge is -2.11. The number of fused-ring (bicyclic) bond motifs is 1. The van der Waals surface area contributed by atoms with Crippen LogP contribution in [0, 0.1) is 17.0 Å². The number of nitrogens with one attached hydrogen (secondary N) is 1. The van der Waals surface area contributed by atoms with E-state index in [2.05, 4.69) is 5.32 Å². The molecule has 0 heterocycles. The number of anilines is 1. The van der Waals surface area contributed by atoms with E-state index in [0.29, 0.717) is 5.56 Å². The summed E-state index contributed by atoms with van der Waals surface area (Å²) in [5.41, 5.74) is 0.178. The molecule has 3 aromatic rings. The van der Waals surface area contributed by atoms with Crippen LogP contribution in [0.1, 0.15) is 15.9 Å². The number of carbonyl (C=O) groups is 1. The number of aryl methyl sites for hydroxylation is 1. The summed E-state index contributed by atoms with van der Waals surface area (Å²) < 4.78 is 32.2. The van der Waals surface area contributed by atoms with Gasteiger partial charge >= 0.3 is 0 Å². The number of hydrogen-bond donors (Lipinski definition) is 3. The first kappa shape index (κ1) is 19.3. The predicted molar refractivity (Wildman–Crippen MR) is 101 cm³/mol. The van der Waals surface area contributed by atoms with E-state index >= 15 is 0 Å². The van der Waals surface area contributed by atoms with Gasteiger partial charge in [-0.3, -0.25) is 19.5 Å². The Kier molecular flexibility index (Phi) is 4.75. The van der Waals surface area contributed by atoms with Gasteiger partial charge in [-0.25, -0.2) is 0 Å². The van der Waals surface area contributed by atoms with Crippen molar-refractivity contribution in [1.29, 1.82) is 0 Å². The molecule has 0 radical (unpaired) electrons. The van der Waals surface area contributed by atoms with Crippen molar-refractivity contribution in [1.82, 2.24) is 0 Å². The van der Waals surface area contributed by atoms with Crippen LogP contribution < -0.4 is 5.32 Å². The number of benzene rings is 3. The monoisotopic (exact) mass is 402 g/mol. The van der Waals surface area contributed by atoms with Crippen molar-refractivity contribution in [3.63, 3.8) is 0 Å². The molecule has 0 aliphatic carbocycles. The highest BCUT2D eigenvalue weighted by Crippen LogP contribution is 2.35. The van der Waals surface area contributed by atoms with E-state index in [-0.39, 0.29) is 32.6 Å². The third-order valence-electron chi connectivity index (χ3n) is 4.19. The molecule has 0 saturated heterocycles. The second-order valence-electron chi connectivity index (χ2n) is 6.00. The number of phenolic OH excluding ortho intramolecular Hbond substituents is 1. The van der Waals surface area contributed by atoms with Crippen molar-refractivity contribution in [2.24, 2.45) is 0 Å². The molecule has 0 unspecified atom stereocenters. The molecule has 0 aromatic heterocycles. The molecule has 3 aromatic carbocycles. The van der Waals surface area contributed by atoms with E-state index in [1.807, 2.05) is 0 Å². The molecule has 9 nitrogen and oxygen atoms in total. The first-order valence-electron chi connectivity index (χ1n) is 7.88. The number of hydrogen-bond acceptors (Lipinski definition) is 6. The normalized spacial score (nSPS) is 11.4. The number of carbonyl (C=O) groups excluding carboxylic acids is 1. The van der Waals surface area contributed by atoms with Crippen LogP contribution in [0.25, 0.3) is 10.8 Å². The third kappa shape index (κ3) is 3.50. The topological polar surface area (TPSA) is 147 Å². The summed E-state index contributed by atoms with van der Waals surface area (Å²) >= 11 is 0. The van der Waals surface area contributed by atoms with Crippen LogP contribution in [0.3, 0.4) is 0 Å². The van der Waals surface area contributed by atoms with Gasteiger partial charge in [0.25, 0.3) is 21.7 Å². The fourth-order valence-electron chi connectivity index (χ4n) is 2.78. The van der Waals surface area contributed by atoms with Gasteiger partial charge in [0.15, 0.2) is 0 Å². The lowest BCUT2D eigenvalue weighted by Crippen LogP contribution is -2.12. The van der Waals surface area contributed by atoms with Crippen molar-refractivity contribution >= 4 is 38.2 Å². The summed E-state index contributed by atoms with van der Waals surface area (Å²) in [6.45, 7) is 1.54. The summed E-state index contributed by atoms with van der Waals surface area (Å²) in [5, 5.41) is 24.1. The van der Waals surface area contributed by atoms with Gasteiger partial charge < -0.3 is 10.4 Å². The van der Waals surface area contributed by atoms with Crippen molar-refractivity contribution in [2.75, 3.05) is 5.32 Å². The molecule has 0 saturated carbocycles. The second kappa shape index (κ2) is 6.91. The first-order chi connectivity index (χ1) is 13.1. The minimum absolute atomic E-state index is 0.0171. The van der Waals surface area contributed by atoms with Crippen LogP contribution in [-0.2, 0) is 10.1 Å². The maximum atomic E-state index is 12.4. The summed E-state index contributed by atoms with van der Waals surface area (Å²) in [6.07, 6.45) is 0. The Morgan fingerprint density at radius 3 is 2.46 bits per heavy atom. The lowest BCUT2D eigenvalue weighted by atomic mass is 10.1. The van der Waals surface area contributed by atoms with Crippen LogP contribution in [-0.4, -0.2) is 28.9 Å². The maximum absolute atomic E-state index is 12.4. The van der Waals surface area contributed by atoms with Gasteiger partial charge in [-0.2, -0.15) is 8.42 Å². The number of aromatic hydroxyl groups is 1. The fraction of sp³-hybridized carbons (Fsp3) is 0.0556. The van der Waals surface area contributed by atoms with Gasteiger partial charge in [-0.15, -0.1) is 0 Å². The number of rotatable bonds is 4. The van der Waals surface area contributed by atoms with E-state index in [1.54, 1.807) is 6.92 Å². The predicted octanol–water partition coefficient (Wildman–Crippen LogP) is 3.26. The fourth-order valence-corrected chi connectivity index (χ4v) is 3.49. The highest BCUT2D eigenvalue weighted by molar-refractivity contribution is 7.86. The number of nitro benzene ring substituents is 1. The third-order valence-corrected chi connectivity index (χ3v) is 5.10. The summed E-state index contributed by atoms with van der Waals surface area (Å²) in [7, 11) is -4.50. The molecule has 0 aliphatic rings. The van der Waals surface area contributed by atoms with Crippen LogP contribution in [0.4, 0.5) is 11.4 Å². The molecule has 3 N–H and O–H groups in total. The molecule has 0 fully saturated rings. The van der Waals surface area contributed by atoms with Gasteiger partial charge in [0, 0.05) is 28.0 Å². The minimum atomic E-state index is -4.50. The molecular weight excluding hydrogens is 388 g/mol. The Morgan fingerprint density at radius 1 is 1.11 bits per heavy atom. The SMILES string of the molecule is Cc1ccc(C(=O)Nc2ccc3c(S(=O)(=O)O)cccc3c2O)cc1[N+](=O)[O-]. The van der Waals surface area contributed by atoms with Gasteiger partial charge in [0.05, 0.1) is 10.6 Å². The molecule has 28 heavy (non-hydrogen) atoms. The van der Waals surface area contributed by atoms with Crippen molar-refractivity contribution in [2.45, 2.75) is 11.8 Å². The van der Waals surface area contributed by atoms with Crippen molar-refractivity contribution in [3.05, 3.63) is 69.8 Å². The Bertz CT molecular complexity index is 1240. The smallest absolute Gasteiger partial charge is 0.295 e. The molecule has 3 rings (SSSR count). The van der Waals surface area contributed by atoms with Crippen LogP contribution in [0.15, 0.2) is 53.4 Å². The summed E-state index contributed by atoms with van der Waals surface area (Å²) in [4.78, 5) is 22.5. The second-order valence-corrected chi connectivity index (χ2v) is 7.39. The van der Waals surface area contributed by atoms with Gasteiger partial charge in [0.1, 0.15) is 10.6 Å². The standard InChI is InChI=1S/C18H14N2O7S/c1-10-5-6-11(9-15(10)20(23)24)18(22)19-14-8-7-12-13(17(14)21)3-2-4-16(12)28(25,26)27/h2-9,21H,1H3,(H,19,22)(H,25,26,27). The van der Waals surface area contributed by atoms with E-state index in [4.69, 9.17) is 0 Å². The molecule has 0 bridgehead atoms. The van der Waals surface area contributed by atoms with Gasteiger partial charge in [0.2, 0.25) is 0 Å². The van der Waals surface area contributed by atoms with E-state index in [9.17, 15) is 33.0 Å². The lowest BCUT2D eigenvalue weighted by molar-refractivity contribution is -0.385. The largest absolute Gasteiger partial charge is 0.505 e. The minimum Gasteiger partial charge on any atom is -0.505 e. The summed E-state index contributed by atoms with van der Waals surface area (Å²) in [5.74, 6) is -1.10. The quantitative estimate of drug-likeness (QED) is 0.263. The van der Waals surface area contributed by atoms with E-state index < -0.39 is 26.7 Å². The molecular formula is C18H14N2O7S. The maximum Gasteiger partial charge on any atom is 0.295 e. The zero-order chi connectivity index (χ0) is 20.6. The first-order valence-corrected chi connectivity index (χ1v) is 9.32. The summed E-state index contributed by atoms with van der Waals surface area (Å²) in [6, 6.07) is 10.5. The molecule has 0 aliphatic heterocycles. The van der Waals surface area contributed by atoms with Crippen LogP contribution >= 0.6 is 0 Å². The Morgan fingerprint density at radius 2 is 1.82 bits per heavy atom. The van der Waals surface area contributed by atoms with Crippen LogP contribution in [0.5, 0.6) is 5.75 Å². The Hall–Kier alpha value is -3.50. The highest BCUT2D eigenvalue weighted by Gasteiger charge is 2.19. The van der Waals surface area contributed by atoms with E-state index in [0.717, 1.165) is 6.07 Å². The number of amides is 1. The van der Waals surface area contributed by atoms with Crippen LogP contribution in [0.2, 0.25) is 0 Å².